The van der Waals surface area contributed by atoms with E-state index < -0.39 is 23.6 Å². The molecule has 6 heteroatoms. The van der Waals surface area contributed by atoms with Crippen molar-refractivity contribution in [2.24, 2.45) is 0 Å². The molecule has 0 fully saturated rings. The van der Waals surface area contributed by atoms with Gasteiger partial charge < -0.3 is 10.1 Å². The Morgan fingerprint density at radius 3 is 2.61 bits per heavy atom. The fraction of sp³-hybridized carbons (Fsp3) is 0.250. The average Bonchev–Trinajstić information content (AvgIpc) is 2.69. The summed E-state index contributed by atoms with van der Waals surface area (Å²) in [6, 6.07) is 5.00. The molecule has 3 nitrogen and oxygen atoms in total. The summed E-state index contributed by atoms with van der Waals surface area (Å²) in [7, 11) is 0. The van der Waals surface area contributed by atoms with Crippen LogP contribution in [0.15, 0.2) is 24.3 Å². The van der Waals surface area contributed by atoms with Crippen molar-refractivity contribution < 1.29 is 23.1 Å². The predicted molar refractivity (Wildman–Crippen MR) is 59.4 cm³/mol. The predicted octanol–water partition coefficient (Wildman–Crippen LogP) is 3.37. The highest BCUT2D eigenvalue weighted by Gasteiger charge is 2.33. The number of carboxylic acids is 1. The van der Waals surface area contributed by atoms with Crippen molar-refractivity contribution in [3.63, 3.8) is 0 Å². The fourth-order valence-electron chi connectivity index (χ4n) is 1.79. The zero-order chi connectivity index (χ0) is 13.5. The van der Waals surface area contributed by atoms with E-state index in [2.05, 4.69) is 4.98 Å². The van der Waals surface area contributed by atoms with Crippen molar-refractivity contribution in [1.82, 2.24) is 4.98 Å². The molecular weight excluding hydrogens is 247 g/mol. The number of carbonyl (C=O) groups is 1. The number of alkyl halides is 3. The Morgan fingerprint density at radius 2 is 2.06 bits per heavy atom. The zero-order valence-corrected chi connectivity index (χ0v) is 9.38. The van der Waals surface area contributed by atoms with Crippen molar-refractivity contribution in [3.05, 3.63) is 35.5 Å². The molecule has 0 aliphatic carbocycles. The molecule has 0 spiro atoms. The van der Waals surface area contributed by atoms with Gasteiger partial charge in [0.2, 0.25) is 0 Å². The summed E-state index contributed by atoms with van der Waals surface area (Å²) in [5, 5.41) is 8.84. The normalized spacial score (nSPS) is 13.8. The van der Waals surface area contributed by atoms with Gasteiger partial charge in [-0.05, 0) is 25.1 Å². The number of H-pyrrole nitrogens is 1. The molecule has 0 bridgehead atoms. The molecule has 1 heterocycles. The number of aliphatic carboxylic acids is 1. The first-order valence-electron chi connectivity index (χ1n) is 5.22. The van der Waals surface area contributed by atoms with Crippen LogP contribution >= 0.6 is 0 Å². The smallest absolute Gasteiger partial charge is 0.417 e. The van der Waals surface area contributed by atoms with Crippen LogP contribution in [0.3, 0.4) is 0 Å². The second-order valence-corrected chi connectivity index (χ2v) is 4.05. The van der Waals surface area contributed by atoms with Crippen LogP contribution in [-0.2, 0) is 11.0 Å². The van der Waals surface area contributed by atoms with Gasteiger partial charge >= 0.3 is 12.1 Å². The van der Waals surface area contributed by atoms with Crippen LogP contribution in [-0.4, -0.2) is 16.1 Å². The molecule has 0 amide bonds. The number of halogens is 3. The Kier molecular flexibility index (Phi) is 2.80. The van der Waals surface area contributed by atoms with Crippen LogP contribution in [0.2, 0.25) is 0 Å². The standard InChI is InChI=1S/C12H10F3NO2/c1-6(11(17)18)10-5-7-8(12(13,14)15)3-2-4-9(7)16-10/h2-6,16H,1H3,(H,17,18). The van der Waals surface area contributed by atoms with Gasteiger partial charge in [0.25, 0.3) is 0 Å². The van der Waals surface area contributed by atoms with Gasteiger partial charge in [0.15, 0.2) is 0 Å². The second-order valence-electron chi connectivity index (χ2n) is 4.05. The number of hydrogen-bond donors (Lipinski definition) is 2. The Hall–Kier alpha value is -1.98. The minimum Gasteiger partial charge on any atom is -0.481 e. The van der Waals surface area contributed by atoms with Gasteiger partial charge in [-0.1, -0.05) is 6.07 Å². The van der Waals surface area contributed by atoms with Gasteiger partial charge in [-0.2, -0.15) is 13.2 Å². The van der Waals surface area contributed by atoms with Crippen LogP contribution in [0.25, 0.3) is 10.9 Å². The SMILES string of the molecule is CC(C(=O)O)c1cc2c(C(F)(F)F)cccc2[nH]1. The second kappa shape index (κ2) is 4.04. The van der Waals surface area contributed by atoms with Gasteiger partial charge in [0, 0.05) is 16.6 Å². The number of hydrogen-bond acceptors (Lipinski definition) is 1. The first kappa shape index (κ1) is 12.5. The lowest BCUT2D eigenvalue weighted by molar-refractivity contribution is -0.138. The summed E-state index contributed by atoms with van der Waals surface area (Å²) in [5.41, 5.74) is -0.220. The van der Waals surface area contributed by atoms with Gasteiger partial charge in [-0.15, -0.1) is 0 Å². The van der Waals surface area contributed by atoms with E-state index in [-0.39, 0.29) is 16.6 Å². The highest BCUT2D eigenvalue weighted by atomic mass is 19.4. The zero-order valence-electron chi connectivity index (χ0n) is 9.38. The van der Waals surface area contributed by atoms with E-state index in [0.717, 1.165) is 6.07 Å². The third-order valence-electron chi connectivity index (χ3n) is 2.83. The maximum Gasteiger partial charge on any atom is 0.417 e. The molecule has 0 saturated heterocycles. The highest BCUT2D eigenvalue weighted by molar-refractivity contribution is 5.86. The van der Waals surface area contributed by atoms with Crippen LogP contribution in [0.4, 0.5) is 13.2 Å². The van der Waals surface area contributed by atoms with Crippen molar-refractivity contribution in [1.29, 1.82) is 0 Å². The summed E-state index contributed by atoms with van der Waals surface area (Å²) in [5.74, 6) is -1.96. The van der Waals surface area contributed by atoms with Crippen molar-refractivity contribution in [2.45, 2.75) is 19.0 Å². The lowest BCUT2D eigenvalue weighted by Gasteiger charge is -2.06. The molecule has 0 aliphatic heterocycles. The number of carboxylic acid groups (broad SMARTS) is 1. The maximum absolute atomic E-state index is 12.8. The highest BCUT2D eigenvalue weighted by Crippen LogP contribution is 2.35. The van der Waals surface area contributed by atoms with Gasteiger partial charge in [-0.3, -0.25) is 4.79 Å². The summed E-state index contributed by atoms with van der Waals surface area (Å²) >= 11 is 0. The average molecular weight is 257 g/mol. The summed E-state index contributed by atoms with van der Waals surface area (Å²) in [6.45, 7) is 1.42. The summed E-state index contributed by atoms with van der Waals surface area (Å²) in [4.78, 5) is 13.5. The van der Waals surface area contributed by atoms with E-state index in [1.54, 1.807) is 0 Å². The maximum atomic E-state index is 12.8. The van der Waals surface area contributed by atoms with Crippen molar-refractivity contribution in [3.8, 4) is 0 Å². The number of aromatic nitrogens is 1. The number of fused-ring (bicyclic) bond motifs is 1. The van der Waals surface area contributed by atoms with Crippen LogP contribution in [0.1, 0.15) is 24.1 Å². The quantitative estimate of drug-likeness (QED) is 0.866. The Morgan fingerprint density at radius 1 is 1.39 bits per heavy atom. The van der Waals surface area contributed by atoms with Gasteiger partial charge in [0.1, 0.15) is 0 Å². The summed E-state index contributed by atoms with van der Waals surface area (Å²) < 4.78 is 38.3. The first-order chi connectivity index (χ1) is 8.30. The van der Waals surface area contributed by atoms with E-state index >= 15 is 0 Å². The molecular formula is C12H10F3NO2. The number of benzene rings is 1. The van der Waals surface area contributed by atoms with Crippen molar-refractivity contribution in [2.75, 3.05) is 0 Å². The van der Waals surface area contributed by atoms with E-state index in [4.69, 9.17) is 5.11 Å². The lowest BCUT2D eigenvalue weighted by Crippen LogP contribution is -2.07. The molecule has 1 unspecified atom stereocenters. The third kappa shape index (κ3) is 2.05. The molecule has 2 N–H and O–H groups in total. The molecule has 2 aromatic rings. The molecule has 18 heavy (non-hydrogen) atoms. The van der Waals surface area contributed by atoms with E-state index in [0.29, 0.717) is 0 Å². The Bertz CT molecular complexity index is 601. The van der Waals surface area contributed by atoms with E-state index in [9.17, 15) is 18.0 Å². The van der Waals surface area contributed by atoms with Crippen LogP contribution < -0.4 is 0 Å². The van der Waals surface area contributed by atoms with Crippen LogP contribution in [0, 0.1) is 0 Å². The molecule has 96 valence electrons. The minimum atomic E-state index is -4.45. The lowest BCUT2D eigenvalue weighted by atomic mass is 10.1. The molecule has 2 rings (SSSR count). The molecule has 0 saturated carbocycles. The number of rotatable bonds is 2. The monoisotopic (exact) mass is 257 g/mol. The van der Waals surface area contributed by atoms with Crippen molar-refractivity contribution >= 4 is 16.9 Å². The first-order valence-corrected chi connectivity index (χ1v) is 5.22. The molecule has 1 aromatic heterocycles. The van der Waals surface area contributed by atoms with Crippen LogP contribution in [0.5, 0.6) is 0 Å². The van der Waals surface area contributed by atoms with E-state index in [1.807, 2.05) is 0 Å². The Labute approximate surface area is 100 Å². The summed E-state index contributed by atoms with van der Waals surface area (Å²) in [6.07, 6.45) is -4.45. The molecule has 0 radical (unpaired) electrons. The minimum absolute atomic E-state index is 0.00639. The Balaban J connectivity index is 2.62. The largest absolute Gasteiger partial charge is 0.481 e. The molecule has 1 aromatic carbocycles. The van der Waals surface area contributed by atoms with E-state index in [1.165, 1.54) is 25.1 Å². The number of nitrogens with one attached hydrogen (secondary N) is 1. The fourth-order valence-corrected chi connectivity index (χ4v) is 1.79. The third-order valence-corrected chi connectivity index (χ3v) is 2.83. The number of aromatic amines is 1. The molecule has 1 atom stereocenters. The van der Waals surface area contributed by atoms with Gasteiger partial charge in [-0.25, -0.2) is 0 Å². The van der Waals surface area contributed by atoms with Gasteiger partial charge in [0.05, 0.1) is 11.5 Å². The molecule has 0 aliphatic rings. The topological polar surface area (TPSA) is 53.1 Å².